The number of methoxy groups -OCH3 is 2. The Balaban J connectivity index is 1.46. The van der Waals surface area contributed by atoms with Crippen LogP contribution in [0.4, 0.5) is 0 Å². The molecular formula is C30H24N2O5S. The maximum atomic E-state index is 14.0. The zero-order valence-electron chi connectivity index (χ0n) is 20.9. The molecule has 8 heteroatoms. The Kier molecular flexibility index (Phi) is 5.37. The smallest absolute Gasteiger partial charge is 0.271 e. The van der Waals surface area contributed by atoms with Crippen LogP contribution in [0.1, 0.15) is 34.7 Å². The Hall–Kier alpha value is -4.30. The van der Waals surface area contributed by atoms with E-state index in [9.17, 15) is 4.79 Å². The second-order valence-electron chi connectivity index (χ2n) is 9.34. The molecule has 7 nitrogen and oxygen atoms in total. The molecule has 3 aliphatic rings. The highest BCUT2D eigenvalue weighted by Gasteiger charge is 2.33. The molecule has 0 saturated heterocycles. The summed E-state index contributed by atoms with van der Waals surface area (Å²) in [5.41, 5.74) is 6.27. The molecule has 0 fully saturated rings. The predicted molar refractivity (Wildman–Crippen MR) is 145 cm³/mol. The fourth-order valence-corrected chi connectivity index (χ4v) is 6.50. The van der Waals surface area contributed by atoms with Crippen LogP contribution in [0.5, 0.6) is 23.0 Å². The molecule has 3 aromatic carbocycles. The van der Waals surface area contributed by atoms with Crippen molar-refractivity contribution in [1.29, 1.82) is 0 Å². The van der Waals surface area contributed by atoms with Crippen molar-refractivity contribution in [2.75, 3.05) is 21.0 Å². The van der Waals surface area contributed by atoms with E-state index in [1.807, 2.05) is 53.1 Å². The predicted octanol–water partition coefficient (Wildman–Crippen LogP) is 4.06. The van der Waals surface area contributed by atoms with Gasteiger partial charge in [-0.1, -0.05) is 47.7 Å². The summed E-state index contributed by atoms with van der Waals surface area (Å²) in [6.07, 6.45) is 3.62. The van der Waals surface area contributed by atoms with Gasteiger partial charge in [0.1, 0.15) is 0 Å². The van der Waals surface area contributed by atoms with Gasteiger partial charge in [-0.15, -0.1) is 0 Å². The zero-order chi connectivity index (χ0) is 25.8. The van der Waals surface area contributed by atoms with Crippen LogP contribution >= 0.6 is 11.3 Å². The Morgan fingerprint density at radius 2 is 1.82 bits per heavy atom. The lowest BCUT2D eigenvalue weighted by atomic mass is 9.83. The first-order chi connectivity index (χ1) is 18.6. The molecule has 1 aromatic heterocycles. The van der Waals surface area contributed by atoms with Gasteiger partial charge >= 0.3 is 0 Å². The van der Waals surface area contributed by atoms with Gasteiger partial charge in [-0.05, 0) is 65.4 Å². The van der Waals surface area contributed by atoms with Crippen LogP contribution in [0.2, 0.25) is 0 Å². The number of aromatic nitrogens is 1. The molecule has 4 aromatic rings. The molecule has 0 radical (unpaired) electrons. The van der Waals surface area contributed by atoms with Gasteiger partial charge in [-0.2, -0.15) is 0 Å². The molecule has 0 spiro atoms. The largest absolute Gasteiger partial charge is 0.493 e. The number of nitrogens with zero attached hydrogens (tertiary/aromatic N) is 2. The van der Waals surface area contributed by atoms with Crippen molar-refractivity contribution in [3.63, 3.8) is 0 Å². The Labute approximate surface area is 222 Å². The molecule has 3 heterocycles. The summed E-state index contributed by atoms with van der Waals surface area (Å²) < 4.78 is 24.5. The normalized spacial score (nSPS) is 17.4. The Morgan fingerprint density at radius 1 is 0.974 bits per heavy atom. The summed E-state index contributed by atoms with van der Waals surface area (Å²) in [5.74, 6) is 2.67. The van der Waals surface area contributed by atoms with E-state index in [2.05, 4.69) is 18.2 Å². The van der Waals surface area contributed by atoms with E-state index >= 15 is 0 Å². The van der Waals surface area contributed by atoms with E-state index in [1.54, 1.807) is 14.2 Å². The molecule has 2 aliphatic heterocycles. The number of hydrogen-bond donors (Lipinski definition) is 0. The number of hydrogen-bond acceptors (Lipinski definition) is 7. The van der Waals surface area contributed by atoms with Gasteiger partial charge in [0.25, 0.3) is 5.56 Å². The minimum atomic E-state index is -0.298. The number of benzene rings is 3. The topological polar surface area (TPSA) is 71.3 Å². The standard InChI is InChI=1S/C30H24N2O5S/c1-34-22-12-9-19(15-24(22)35-2)28-21-10-8-18-5-3-4-6-20(18)27(21)31-30-32(28)29(33)26(38-30)14-17-7-11-23-25(13-17)37-16-36-23/h3-7,9,11-15,28H,8,10,16H2,1-2H3/b26-14-/t28-/m1/s1. The summed E-state index contributed by atoms with van der Waals surface area (Å²) >= 11 is 1.40. The zero-order valence-corrected chi connectivity index (χ0v) is 21.7. The first kappa shape index (κ1) is 22.9. The number of rotatable bonds is 4. The molecule has 7 rings (SSSR count). The SMILES string of the molecule is COc1ccc([C@@H]2C3=C(N=c4s/c(=C\c5ccc6c(c5)OCO6)c(=O)n42)c2ccccc2CC3)cc1OC. The number of allylic oxidation sites excluding steroid dienone is 1. The monoisotopic (exact) mass is 524 g/mol. The molecular weight excluding hydrogens is 500 g/mol. The van der Waals surface area contributed by atoms with E-state index in [1.165, 1.54) is 16.9 Å². The van der Waals surface area contributed by atoms with Gasteiger partial charge in [0.05, 0.1) is 30.5 Å². The summed E-state index contributed by atoms with van der Waals surface area (Å²) in [5, 5.41) is 0. The molecule has 0 unspecified atom stereocenters. The molecule has 0 N–H and O–H groups in total. The summed E-state index contributed by atoms with van der Waals surface area (Å²) in [4.78, 5) is 19.7. The number of thiazole rings is 1. The van der Waals surface area contributed by atoms with E-state index < -0.39 is 0 Å². The maximum Gasteiger partial charge on any atom is 0.271 e. The van der Waals surface area contributed by atoms with Crippen LogP contribution in [0.25, 0.3) is 11.8 Å². The third-order valence-corrected chi connectivity index (χ3v) is 8.27. The highest BCUT2D eigenvalue weighted by molar-refractivity contribution is 7.07. The molecule has 1 aliphatic carbocycles. The van der Waals surface area contributed by atoms with Crippen LogP contribution in [-0.2, 0) is 6.42 Å². The Bertz CT molecular complexity index is 1820. The minimum Gasteiger partial charge on any atom is -0.493 e. The highest BCUT2D eigenvalue weighted by Crippen LogP contribution is 2.42. The van der Waals surface area contributed by atoms with Crippen LogP contribution in [-0.4, -0.2) is 25.6 Å². The Morgan fingerprint density at radius 3 is 2.68 bits per heavy atom. The summed E-state index contributed by atoms with van der Waals surface area (Å²) in [6, 6.07) is 19.7. The van der Waals surface area contributed by atoms with Crippen LogP contribution in [0, 0.1) is 0 Å². The van der Waals surface area contributed by atoms with Gasteiger partial charge in [-0.25, -0.2) is 4.99 Å². The van der Waals surface area contributed by atoms with Crippen LogP contribution in [0.15, 0.2) is 76.0 Å². The second-order valence-corrected chi connectivity index (χ2v) is 10.3. The molecule has 38 heavy (non-hydrogen) atoms. The molecule has 1 atom stereocenters. The average molecular weight is 525 g/mol. The van der Waals surface area contributed by atoms with Crippen molar-refractivity contribution < 1.29 is 18.9 Å². The lowest BCUT2D eigenvalue weighted by molar-refractivity contribution is 0.174. The molecule has 190 valence electrons. The third kappa shape index (κ3) is 3.55. The maximum absolute atomic E-state index is 14.0. The fourth-order valence-electron chi connectivity index (χ4n) is 5.50. The third-order valence-electron chi connectivity index (χ3n) is 7.29. The van der Waals surface area contributed by atoms with Crippen molar-refractivity contribution in [3.05, 3.63) is 108 Å². The van der Waals surface area contributed by atoms with Crippen molar-refractivity contribution >= 4 is 23.1 Å². The average Bonchev–Trinajstić information content (AvgIpc) is 3.55. The van der Waals surface area contributed by atoms with Gasteiger partial charge < -0.3 is 18.9 Å². The first-order valence-corrected chi connectivity index (χ1v) is 13.2. The number of aryl methyl sites for hydroxylation is 1. The molecule has 0 amide bonds. The van der Waals surface area contributed by atoms with Gasteiger partial charge in [-0.3, -0.25) is 9.36 Å². The van der Waals surface area contributed by atoms with Crippen molar-refractivity contribution in [1.82, 2.24) is 4.57 Å². The van der Waals surface area contributed by atoms with Crippen molar-refractivity contribution in [2.45, 2.75) is 18.9 Å². The quantitative estimate of drug-likeness (QED) is 0.403. The number of fused-ring (bicyclic) bond motifs is 4. The van der Waals surface area contributed by atoms with Crippen molar-refractivity contribution in [2.24, 2.45) is 4.99 Å². The lowest BCUT2D eigenvalue weighted by Gasteiger charge is -2.31. The molecule has 0 bridgehead atoms. The summed E-state index contributed by atoms with van der Waals surface area (Å²) in [6.45, 7) is 0.208. The second kappa shape index (κ2) is 8.92. The van der Waals surface area contributed by atoms with Gasteiger partial charge in [0, 0.05) is 5.56 Å². The van der Waals surface area contributed by atoms with Gasteiger partial charge in [0.15, 0.2) is 27.8 Å². The lowest BCUT2D eigenvalue weighted by Crippen LogP contribution is -2.38. The first-order valence-electron chi connectivity index (χ1n) is 12.4. The van der Waals surface area contributed by atoms with E-state index in [0.29, 0.717) is 32.3 Å². The highest BCUT2D eigenvalue weighted by atomic mass is 32.1. The van der Waals surface area contributed by atoms with Crippen molar-refractivity contribution in [3.8, 4) is 23.0 Å². The van der Waals surface area contributed by atoms with E-state index in [0.717, 1.165) is 40.8 Å². The fraction of sp³-hybridized carbons (Fsp3) is 0.200. The minimum absolute atomic E-state index is 0.0726. The van der Waals surface area contributed by atoms with Gasteiger partial charge in [0.2, 0.25) is 6.79 Å². The number of ether oxygens (including phenoxy) is 4. The van der Waals surface area contributed by atoms with E-state index in [-0.39, 0.29) is 18.4 Å². The van der Waals surface area contributed by atoms with E-state index in [4.69, 9.17) is 23.9 Å². The molecule has 0 saturated carbocycles. The summed E-state index contributed by atoms with van der Waals surface area (Å²) in [7, 11) is 3.25. The van der Waals surface area contributed by atoms with Crippen LogP contribution in [0.3, 0.4) is 0 Å². The van der Waals surface area contributed by atoms with Crippen LogP contribution < -0.4 is 33.8 Å².